The van der Waals surface area contributed by atoms with Crippen molar-refractivity contribution in [2.75, 3.05) is 26.2 Å². The van der Waals surface area contributed by atoms with Crippen LogP contribution >= 0.6 is 0 Å². The first-order valence-electron chi connectivity index (χ1n) is 6.25. The van der Waals surface area contributed by atoms with Crippen molar-refractivity contribution in [2.24, 2.45) is 0 Å². The summed E-state index contributed by atoms with van der Waals surface area (Å²) in [6.45, 7) is 7.99. The molecule has 5 heteroatoms. The molecule has 0 aliphatic carbocycles. The van der Waals surface area contributed by atoms with Crippen molar-refractivity contribution in [3.05, 3.63) is 0 Å². The lowest BCUT2D eigenvalue weighted by atomic mass is 10.2. The summed E-state index contributed by atoms with van der Waals surface area (Å²) in [7, 11) is 0. The normalized spacial score (nSPS) is 22.1. The molecule has 1 aliphatic heterocycles. The maximum Gasteiger partial charge on any atom is 0.410 e. The van der Waals surface area contributed by atoms with Crippen LogP contribution in [0.15, 0.2) is 0 Å². The van der Waals surface area contributed by atoms with Gasteiger partial charge in [-0.1, -0.05) is 0 Å². The highest BCUT2D eigenvalue weighted by Gasteiger charge is 2.28. The van der Waals surface area contributed by atoms with Crippen molar-refractivity contribution in [3.8, 4) is 0 Å². The average Bonchev–Trinajstić information content (AvgIpc) is 2.41. The van der Waals surface area contributed by atoms with Crippen LogP contribution in [0, 0.1) is 0 Å². The molecule has 0 aromatic heterocycles. The summed E-state index contributed by atoms with van der Waals surface area (Å²) in [5.41, 5.74) is -0.472. The van der Waals surface area contributed by atoms with Crippen molar-refractivity contribution in [1.29, 1.82) is 0 Å². The van der Waals surface area contributed by atoms with E-state index < -0.39 is 5.60 Å². The summed E-state index contributed by atoms with van der Waals surface area (Å²) in [5, 5.41) is 12.3. The number of aliphatic hydroxyl groups excluding tert-OH is 1. The van der Waals surface area contributed by atoms with E-state index in [2.05, 4.69) is 5.32 Å². The largest absolute Gasteiger partial charge is 0.444 e. The third kappa shape index (κ3) is 4.91. The molecular weight excluding hydrogens is 220 g/mol. The second-order valence-corrected chi connectivity index (χ2v) is 5.40. The zero-order chi connectivity index (χ0) is 12.9. The Labute approximate surface area is 103 Å². The van der Waals surface area contributed by atoms with E-state index in [1.807, 2.05) is 20.8 Å². The monoisotopic (exact) mass is 244 g/mol. The van der Waals surface area contributed by atoms with E-state index in [0.717, 1.165) is 19.5 Å². The van der Waals surface area contributed by atoms with Gasteiger partial charge in [0.25, 0.3) is 0 Å². The van der Waals surface area contributed by atoms with E-state index in [9.17, 15) is 4.79 Å². The molecule has 0 saturated carbocycles. The fourth-order valence-corrected chi connectivity index (χ4v) is 1.90. The molecule has 100 valence electrons. The summed E-state index contributed by atoms with van der Waals surface area (Å²) in [6.07, 6.45) is 1.23. The first-order valence-corrected chi connectivity index (χ1v) is 6.25. The van der Waals surface area contributed by atoms with E-state index in [1.54, 1.807) is 4.90 Å². The molecular formula is C12H24N2O3. The number of aliphatic hydroxyl groups is 1. The van der Waals surface area contributed by atoms with Gasteiger partial charge in [-0.05, 0) is 40.2 Å². The molecule has 0 spiro atoms. The zero-order valence-corrected chi connectivity index (χ0v) is 11.0. The molecule has 1 atom stereocenters. The van der Waals surface area contributed by atoms with Crippen molar-refractivity contribution >= 4 is 6.09 Å². The molecule has 0 aromatic carbocycles. The Morgan fingerprint density at radius 1 is 1.53 bits per heavy atom. The summed E-state index contributed by atoms with van der Waals surface area (Å²) in [4.78, 5) is 13.8. The smallest absolute Gasteiger partial charge is 0.410 e. The van der Waals surface area contributed by atoms with Crippen LogP contribution in [0.5, 0.6) is 0 Å². The molecule has 1 rings (SSSR count). The van der Waals surface area contributed by atoms with Gasteiger partial charge >= 0.3 is 6.09 Å². The van der Waals surface area contributed by atoms with Gasteiger partial charge < -0.3 is 20.1 Å². The third-order valence-corrected chi connectivity index (χ3v) is 2.66. The average molecular weight is 244 g/mol. The Bertz CT molecular complexity index is 251. The molecule has 0 aromatic rings. The molecule has 1 aliphatic rings. The number of carbonyl (C=O) groups is 1. The summed E-state index contributed by atoms with van der Waals surface area (Å²) >= 11 is 0. The molecule has 0 bridgehead atoms. The minimum absolute atomic E-state index is 0.0253. The SMILES string of the molecule is CC(C)(C)OC(=O)N1CCCNCC1CCO. The second-order valence-electron chi connectivity index (χ2n) is 5.40. The van der Waals surface area contributed by atoms with Crippen LogP contribution < -0.4 is 5.32 Å². The lowest BCUT2D eigenvalue weighted by Gasteiger charge is -2.31. The van der Waals surface area contributed by atoms with E-state index in [0.29, 0.717) is 13.0 Å². The molecule has 1 unspecified atom stereocenters. The van der Waals surface area contributed by atoms with Gasteiger partial charge in [-0.25, -0.2) is 4.79 Å². The quantitative estimate of drug-likeness (QED) is 0.760. The molecule has 1 saturated heterocycles. The molecule has 5 nitrogen and oxygen atoms in total. The highest BCUT2D eigenvalue weighted by molar-refractivity contribution is 5.68. The predicted octanol–water partition coefficient (Wildman–Crippen LogP) is 0.968. The van der Waals surface area contributed by atoms with Crippen molar-refractivity contribution in [3.63, 3.8) is 0 Å². The zero-order valence-electron chi connectivity index (χ0n) is 11.0. The topological polar surface area (TPSA) is 61.8 Å². The van der Waals surface area contributed by atoms with E-state index in [1.165, 1.54) is 0 Å². The van der Waals surface area contributed by atoms with Gasteiger partial charge in [-0.3, -0.25) is 0 Å². The van der Waals surface area contributed by atoms with Crippen LogP contribution in [0.1, 0.15) is 33.6 Å². The maximum absolute atomic E-state index is 12.0. The van der Waals surface area contributed by atoms with Gasteiger partial charge in [-0.15, -0.1) is 0 Å². The minimum atomic E-state index is -0.472. The summed E-state index contributed by atoms with van der Waals surface area (Å²) < 4.78 is 5.39. The number of carbonyl (C=O) groups excluding carboxylic acids is 1. The Kier molecular flexibility index (Phi) is 5.21. The van der Waals surface area contributed by atoms with Crippen molar-refractivity contribution in [2.45, 2.75) is 45.3 Å². The van der Waals surface area contributed by atoms with Gasteiger partial charge in [0.15, 0.2) is 0 Å². The van der Waals surface area contributed by atoms with Gasteiger partial charge in [0, 0.05) is 25.7 Å². The molecule has 1 fully saturated rings. The van der Waals surface area contributed by atoms with Crippen LogP contribution in [-0.4, -0.2) is 54.0 Å². The fourth-order valence-electron chi connectivity index (χ4n) is 1.90. The Hall–Kier alpha value is -0.810. The van der Waals surface area contributed by atoms with E-state index in [4.69, 9.17) is 9.84 Å². The van der Waals surface area contributed by atoms with Crippen molar-refractivity contribution in [1.82, 2.24) is 10.2 Å². The Morgan fingerprint density at radius 2 is 2.24 bits per heavy atom. The van der Waals surface area contributed by atoms with Gasteiger partial charge in [0.2, 0.25) is 0 Å². The summed E-state index contributed by atoms with van der Waals surface area (Å²) in [5.74, 6) is 0. The van der Waals surface area contributed by atoms with Crippen LogP contribution in [-0.2, 0) is 4.74 Å². The highest BCUT2D eigenvalue weighted by Crippen LogP contribution is 2.15. The number of amides is 1. The van der Waals surface area contributed by atoms with Crippen LogP contribution in [0.2, 0.25) is 0 Å². The Balaban J connectivity index is 2.64. The maximum atomic E-state index is 12.0. The number of hydrogen-bond acceptors (Lipinski definition) is 4. The first-order chi connectivity index (χ1) is 7.94. The fraction of sp³-hybridized carbons (Fsp3) is 0.917. The highest BCUT2D eigenvalue weighted by atomic mass is 16.6. The predicted molar refractivity (Wildman–Crippen MR) is 65.9 cm³/mol. The van der Waals surface area contributed by atoms with Gasteiger partial charge in [0.05, 0.1) is 0 Å². The minimum Gasteiger partial charge on any atom is -0.444 e. The van der Waals surface area contributed by atoms with E-state index >= 15 is 0 Å². The van der Waals surface area contributed by atoms with Gasteiger partial charge in [-0.2, -0.15) is 0 Å². The van der Waals surface area contributed by atoms with Crippen LogP contribution in [0.25, 0.3) is 0 Å². The Morgan fingerprint density at radius 3 is 2.82 bits per heavy atom. The van der Waals surface area contributed by atoms with E-state index in [-0.39, 0.29) is 18.7 Å². The van der Waals surface area contributed by atoms with Crippen LogP contribution in [0.4, 0.5) is 4.79 Å². The lowest BCUT2D eigenvalue weighted by molar-refractivity contribution is 0.0155. The number of nitrogens with one attached hydrogen (secondary N) is 1. The molecule has 17 heavy (non-hydrogen) atoms. The second kappa shape index (κ2) is 6.21. The number of nitrogens with zero attached hydrogens (tertiary/aromatic N) is 1. The number of hydrogen-bond donors (Lipinski definition) is 2. The number of ether oxygens (including phenoxy) is 1. The summed E-state index contributed by atoms with van der Waals surface area (Å²) in [6, 6.07) is 0.0253. The van der Waals surface area contributed by atoms with Crippen molar-refractivity contribution < 1.29 is 14.6 Å². The lowest BCUT2D eigenvalue weighted by Crippen LogP contribution is -2.46. The first kappa shape index (κ1) is 14.3. The standard InChI is InChI=1S/C12H24N2O3/c1-12(2,3)17-11(16)14-7-4-6-13-9-10(14)5-8-15/h10,13,15H,4-9H2,1-3H3. The molecule has 1 heterocycles. The number of rotatable bonds is 2. The third-order valence-electron chi connectivity index (χ3n) is 2.66. The molecule has 2 N–H and O–H groups in total. The molecule has 1 amide bonds. The van der Waals surface area contributed by atoms with Gasteiger partial charge in [0.1, 0.15) is 5.60 Å². The molecule has 0 radical (unpaired) electrons. The van der Waals surface area contributed by atoms with Crippen LogP contribution in [0.3, 0.4) is 0 Å².